The highest BCUT2D eigenvalue weighted by Crippen LogP contribution is 2.24. The molecule has 0 N–H and O–H groups in total. The van der Waals surface area contributed by atoms with Crippen molar-refractivity contribution >= 4 is 5.97 Å². The minimum Gasteiger partial charge on any atom is -0.493 e. The second kappa shape index (κ2) is 8.59. The van der Waals surface area contributed by atoms with Crippen LogP contribution in [0.5, 0.6) is 5.75 Å². The summed E-state index contributed by atoms with van der Waals surface area (Å²) < 4.78 is 17.0. The summed E-state index contributed by atoms with van der Waals surface area (Å²) in [6, 6.07) is 9.55. The van der Waals surface area contributed by atoms with Crippen LogP contribution in [-0.2, 0) is 14.3 Å². The van der Waals surface area contributed by atoms with Crippen LogP contribution in [0.4, 0.5) is 0 Å². The number of rotatable bonds is 9. The van der Waals surface area contributed by atoms with E-state index in [1.165, 1.54) is 6.08 Å². The Hall–Kier alpha value is -1.81. The summed E-state index contributed by atoms with van der Waals surface area (Å²) in [5.41, 5.74) is -0.713. The minimum absolute atomic E-state index is 0.0981. The molecular formula is C18H26O4. The third kappa shape index (κ3) is 6.31. The van der Waals surface area contributed by atoms with Crippen LogP contribution in [0.3, 0.4) is 0 Å². The standard InChI is InChI=1S/C18H26O4/c1-6-17(19)22-18(4,5)15(12-20-14(2)3)13-21-16-10-8-7-9-11-16/h6-11,14-15H,1,12-13H2,2-5H3. The Morgan fingerprint density at radius 1 is 1.23 bits per heavy atom. The molecule has 1 aromatic carbocycles. The average Bonchev–Trinajstić information content (AvgIpc) is 2.47. The minimum atomic E-state index is -0.713. The van der Waals surface area contributed by atoms with E-state index in [4.69, 9.17) is 14.2 Å². The third-order valence-electron chi connectivity index (χ3n) is 3.34. The van der Waals surface area contributed by atoms with Crippen molar-refractivity contribution in [2.45, 2.75) is 39.4 Å². The van der Waals surface area contributed by atoms with Crippen LogP contribution in [-0.4, -0.2) is 30.9 Å². The van der Waals surface area contributed by atoms with E-state index in [1.54, 1.807) is 0 Å². The molecule has 0 fully saturated rings. The maximum Gasteiger partial charge on any atom is 0.330 e. The van der Waals surface area contributed by atoms with Gasteiger partial charge in [-0.2, -0.15) is 0 Å². The molecule has 1 unspecified atom stereocenters. The van der Waals surface area contributed by atoms with Gasteiger partial charge in [-0.05, 0) is 39.8 Å². The molecule has 0 aliphatic carbocycles. The first-order chi connectivity index (χ1) is 10.3. The number of hydrogen-bond donors (Lipinski definition) is 0. The highest BCUT2D eigenvalue weighted by molar-refractivity contribution is 5.81. The smallest absolute Gasteiger partial charge is 0.330 e. The highest BCUT2D eigenvalue weighted by Gasteiger charge is 2.34. The van der Waals surface area contributed by atoms with Crippen molar-refractivity contribution < 1.29 is 19.0 Å². The van der Waals surface area contributed by atoms with Crippen LogP contribution in [0.1, 0.15) is 27.7 Å². The number of carbonyl (C=O) groups is 1. The Bertz CT molecular complexity index is 465. The molecule has 0 saturated heterocycles. The Morgan fingerprint density at radius 2 is 1.86 bits per heavy atom. The van der Waals surface area contributed by atoms with Crippen molar-refractivity contribution in [3.05, 3.63) is 43.0 Å². The van der Waals surface area contributed by atoms with Crippen LogP contribution in [0.15, 0.2) is 43.0 Å². The number of benzene rings is 1. The fourth-order valence-electron chi connectivity index (χ4n) is 1.86. The predicted octanol–water partition coefficient (Wildman–Crippen LogP) is 3.61. The maximum absolute atomic E-state index is 11.5. The van der Waals surface area contributed by atoms with E-state index >= 15 is 0 Å². The van der Waals surface area contributed by atoms with E-state index in [1.807, 2.05) is 58.0 Å². The van der Waals surface area contributed by atoms with Gasteiger partial charge in [0.1, 0.15) is 11.4 Å². The molecule has 1 rings (SSSR count). The summed E-state index contributed by atoms with van der Waals surface area (Å²) in [5.74, 6) is 0.237. The normalized spacial score (nSPS) is 12.8. The van der Waals surface area contributed by atoms with Gasteiger partial charge in [-0.15, -0.1) is 0 Å². The summed E-state index contributed by atoms with van der Waals surface area (Å²) >= 11 is 0. The lowest BCUT2D eigenvalue weighted by molar-refractivity contribution is -0.160. The molecule has 4 heteroatoms. The van der Waals surface area contributed by atoms with Gasteiger partial charge in [-0.1, -0.05) is 24.8 Å². The summed E-state index contributed by atoms with van der Waals surface area (Å²) in [5, 5.41) is 0. The molecule has 0 heterocycles. The van der Waals surface area contributed by atoms with E-state index in [0.717, 1.165) is 5.75 Å². The summed E-state index contributed by atoms with van der Waals surface area (Å²) in [6.07, 6.45) is 1.27. The van der Waals surface area contributed by atoms with Crippen LogP contribution >= 0.6 is 0 Å². The molecule has 1 atom stereocenters. The molecule has 0 amide bonds. The lowest BCUT2D eigenvalue weighted by Gasteiger charge is -2.33. The molecule has 0 spiro atoms. The monoisotopic (exact) mass is 306 g/mol. The van der Waals surface area contributed by atoms with Crippen molar-refractivity contribution in [2.75, 3.05) is 13.2 Å². The van der Waals surface area contributed by atoms with Gasteiger partial charge >= 0.3 is 5.97 Å². The molecule has 122 valence electrons. The first kappa shape index (κ1) is 18.2. The second-order valence-corrected chi connectivity index (χ2v) is 5.93. The van der Waals surface area contributed by atoms with Gasteiger partial charge in [0, 0.05) is 6.08 Å². The van der Waals surface area contributed by atoms with Crippen molar-refractivity contribution in [3.63, 3.8) is 0 Å². The second-order valence-electron chi connectivity index (χ2n) is 5.93. The fraction of sp³-hybridized carbons (Fsp3) is 0.500. The van der Waals surface area contributed by atoms with E-state index < -0.39 is 11.6 Å². The number of carbonyl (C=O) groups excluding carboxylic acids is 1. The Kier molecular flexibility index (Phi) is 7.12. The van der Waals surface area contributed by atoms with Gasteiger partial charge in [-0.25, -0.2) is 4.79 Å². The molecule has 0 aliphatic rings. The number of ether oxygens (including phenoxy) is 3. The molecule has 0 bridgehead atoms. The highest BCUT2D eigenvalue weighted by atomic mass is 16.6. The molecule has 0 radical (unpaired) electrons. The van der Waals surface area contributed by atoms with E-state index in [0.29, 0.717) is 13.2 Å². The first-order valence-corrected chi connectivity index (χ1v) is 7.50. The predicted molar refractivity (Wildman–Crippen MR) is 86.9 cm³/mol. The topological polar surface area (TPSA) is 44.8 Å². The SMILES string of the molecule is C=CC(=O)OC(C)(C)C(COc1ccccc1)COC(C)C. The van der Waals surface area contributed by atoms with Crippen LogP contribution in [0.2, 0.25) is 0 Å². The van der Waals surface area contributed by atoms with Crippen LogP contribution in [0, 0.1) is 5.92 Å². The summed E-state index contributed by atoms with van der Waals surface area (Å²) in [6.45, 7) is 11.9. The van der Waals surface area contributed by atoms with Crippen molar-refractivity contribution in [1.82, 2.24) is 0 Å². The van der Waals surface area contributed by atoms with Gasteiger partial charge in [-0.3, -0.25) is 0 Å². The average molecular weight is 306 g/mol. The Balaban J connectivity index is 2.73. The zero-order valence-corrected chi connectivity index (χ0v) is 13.9. The lowest BCUT2D eigenvalue weighted by atomic mass is 9.92. The molecule has 0 saturated carbocycles. The van der Waals surface area contributed by atoms with Gasteiger partial charge in [0.15, 0.2) is 0 Å². The van der Waals surface area contributed by atoms with Gasteiger partial charge in [0.05, 0.1) is 25.2 Å². The lowest BCUT2D eigenvalue weighted by Crippen LogP contribution is -2.42. The number of hydrogen-bond acceptors (Lipinski definition) is 4. The number of esters is 1. The summed E-state index contributed by atoms with van der Waals surface area (Å²) in [4.78, 5) is 11.5. The number of para-hydroxylation sites is 1. The van der Waals surface area contributed by atoms with E-state index in [9.17, 15) is 4.79 Å². The van der Waals surface area contributed by atoms with E-state index in [-0.39, 0.29) is 12.0 Å². The van der Waals surface area contributed by atoms with Crippen LogP contribution < -0.4 is 4.74 Å². The van der Waals surface area contributed by atoms with Crippen LogP contribution in [0.25, 0.3) is 0 Å². The fourth-order valence-corrected chi connectivity index (χ4v) is 1.86. The zero-order valence-electron chi connectivity index (χ0n) is 13.9. The third-order valence-corrected chi connectivity index (χ3v) is 3.34. The van der Waals surface area contributed by atoms with Crippen molar-refractivity contribution in [3.8, 4) is 5.75 Å². The first-order valence-electron chi connectivity index (χ1n) is 7.50. The van der Waals surface area contributed by atoms with Gasteiger partial charge in [0.25, 0.3) is 0 Å². The van der Waals surface area contributed by atoms with Gasteiger partial charge < -0.3 is 14.2 Å². The molecule has 1 aromatic rings. The summed E-state index contributed by atoms with van der Waals surface area (Å²) in [7, 11) is 0. The largest absolute Gasteiger partial charge is 0.493 e. The quantitative estimate of drug-likeness (QED) is 0.516. The molecule has 0 aromatic heterocycles. The van der Waals surface area contributed by atoms with Crippen molar-refractivity contribution in [1.29, 1.82) is 0 Å². The van der Waals surface area contributed by atoms with E-state index in [2.05, 4.69) is 6.58 Å². The molecule has 4 nitrogen and oxygen atoms in total. The zero-order chi connectivity index (χ0) is 16.6. The molecule has 0 aliphatic heterocycles. The Morgan fingerprint density at radius 3 is 2.41 bits per heavy atom. The Labute approximate surface area is 133 Å². The van der Waals surface area contributed by atoms with Crippen molar-refractivity contribution in [2.24, 2.45) is 5.92 Å². The maximum atomic E-state index is 11.5. The molecule has 22 heavy (non-hydrogen) atoms. The molecular weight excluding hydrogens is 280 g/mol. The van der Waals surface area contributed by atoms with Gasteiger partial charge in [0.2, 0.25) is 0 Å².